The minimum absolute atomic E-state index is 0.491. The normalized spacial score (nSPS) is 13.8. The number of rotatable bonds is 6. The molecule has 5 heteroatoms. The zero-order valence-corrected chi connectivity index (χ0v) is 13.0. The molecule has 1 aromatic carbocycles. The van der Waals surface area contributed by atoms with Crippen molar-refractivity contribution in [3.05, 3.63) is 42.0 Å². The van der Waals surface area contributed by atoms with Gasteiger partial charge in [-0.25, -0.2) is 4.98 Å². The van der Waals surface area contributed by atoms with Crippen molar-refractivity contribution < 1.29 is 14.6 Å². The van der Waals surface area contributed by atoms with Gasteiger partial charge in [0.15, 0.2) is 11.5 Å². The Kier molecular flexibility index (Phi) is 4.53. The molecule has 0 spiro atoms. The van der Waals surface area contributed by atoms with Crippen molar-refractivity contribution in [1.82, 2.24) is 9.55 Å². The average molecular weight is 290 g/mol. The van der Waals surface area contributed by atoms with Crippen LogP contribution in [0.1, 0.15) is 18.3 Å². The van der Waals surface area contributed by atoms with E-state index in [0.29, 0.717) is 24.3 Å². The van der Waals surface area contributed by atoms with E-state index in [2.05, 4.69) is 4.98 Å². The standard InChI is InChI=1S/C16H22N2O3/c1-16(19,11-15-17-7-8-18(15)2)10-12-5-6-13(20-3)14(9-12)21-4/h5-9,19H,10-11H2,1-4H3. The van der Waals surface area contributed by atoms with E-state index in [9.17, 15) is 5.11 Å². The molecule has 0 saturated carbocycles. The lowest BCUT2D eigenvalue weighted by molar-refractivity contribution is 0.0580. The number of benzene rings is 1. The van der Waals surface area contributed by atoms with E-state index in [1.807, 2.05) is 42.9 Å². The van der Waals surface area contributed by atoms with Crippen LogP contribution in [0.4, 0.5) is 0 Å². The zero-order chi connectivity index (χ0) is 15.5. The Morgan fingerprint density at radius 2 is 1.90 bits per heavy atom. The number of aliphatic hydroxyl groups is 1. The minimum Gasteiger partial charge on any atom is -0.493 e. The lowest BCUT2D eigenvalue weighted by Gasteiger charge is -2.23. The predicted octanol–water partition coefficient (Wildman–Crippen LogP) is 1.97. The van der Waals surface area contributed by atoms with Crippen LogP contribution in [0.5, 0.6) is 11.5 Å². The van der Waals surface area contributed by atoms with Gasteiger partial charge < -0.3 is 19.1 Å². The van der Waals surface area contributed by atoms with E-state index in [-0.39, 0.29) is 0 Å². The van der Waals surface area contributed by atoms with Gasteiger partial charge in [-0.1, -0.05) is 6.07 Å². The van der Waals surface area contributed by atoms with Gasteiger partial charge >= 0.3 is 0 Å². The largest absolute Gasteiger partial charge is 0.493 e. The van der Waals surface area contributed by atoms with Crippen molar-refractivity contribution in [2.45, 2.75) is 25.4 Å². The van der Waals surface area contributed by atoms with Gasteiger partial charge in [0, 0.05) is 32.3 Å². The summed E-state index contributed by atoms with van der Waals surface area (Å²) in [5.41, 5.74) is 0.116. The highest BCUT2D eigenvalue weighted by Crippen LogP contribution is 2.29. The number of aromatic nitrogens is 2. The van der Waals surface area contributed by atoms with Crippen LogP contribution in [0.2, 0.25) is 0 Å². The number of nitrogens with zero attached hydrogens (tertiary/aromatic N) is 2. The third kappa shape index (κ3) is 3.76. The van der Waals surface area contributed by atoms with Gasteiger partial charge in [-0.05, 0) is 24.6 Å². The Labute approximate surface area is 125 Å². The molecule has 1 N–H and O–H groups in total. The predicted molar refractivity (Wildman–Crippen MR) is 80.8 cm³/mol. The summed E-state index contributed by atoms with van der Waals surface area (Å²) in [6.07, 6.45) is 4.62. The van der Waals surface area contributed by atoms with Crippen molar-refractivity contribution in [2.24, 2.45) is 7.05 Å². The topological polar surface area (TPSA) is 56.5 Å². The van der Waals surface area contributed by atoms with Crippen LogP contribution in [0.3, 0.4) is 0 Å². The lowest BCUT2D eigenvalue weighted by atomic mass is 9.92. The molecule has 5 nitrogen and oxygen atoms in total. The molecule has 2 rings (SSSR count). The summed E-state index contributed by atoms with van der Waals surface area (Å²) in [4.78, 5) is 4.26. The van der Waals surface area contributed by atoms with Gasteiger partial charge in [0.25, 0.3) is 0 Å². The maximum Gasteiger partial charge on any atom is 0.160 e. The van der Waals surface area contributed by atoms with Gasteiger partial charge in [-0.3, -0.25) is 0 Å². The summed E-state index contributed by atoms with van der Waals surface area (Å²) in [5.74, 6) is 2.22. The first-order valence-corrected chi connectivity index (χ1v) is 6.84. The first kappa shape index (κ1) is 15.4. The van der Waals surface area contributed by atoms with Crippen LogP contribution in [0, 0.1) is 0 Å². The van der Waals surface area contributed by atoms with E-state index in [1.165, 1.54) is 0 Å². The molecule has 1 heterocycles. The second-order valence-electron chi connectivity index (χ2n) is 5.49. The third-order valence-electron chi connectivity index (χ3n) is 3.49. The van der Waals surface area contributed by atoms with Gasteiger partial charge in [-0.2, -0.15) is 0 Å². The smallest absolute Gasteiger partial charge is 0.160 e. The monoisotopic (exact) mass is 290 g/mol. The first-order chi connectivity index (χ1) is 9.95. The molecule has 114 valence electrons. The molecule has 0 amide bonds. The Morgan fingerprint density at radius 3 is 2.48 bits per heavy atom. The van der Waals surface area contributed by atoms with Crippen LogP contribution in [-0.2, 0) is 19.9 Å². The van der Waals surface area contributed by atoms with Crippen molar-refractivity contribution in [2.75, 3.05) is 14.2 Å². The molecule has 2 aromatic rings. The summed E-state index contributed by atoms with van der Waals surface area (Å²) in [5, 5.41) is 10.6. The molecule has 1 atom stereocenters. The highest BCUT2D eigenvalue weighted by molar-refractivity contribution is 5.43. The van der Waals surface area contributed by atoms with Gasteiger partial charge in [0.2, 0.25) is 0 Å². The fraction of sp³-hybridized carbons (Fsp3) is 0.438. The molecule has 0 aliphatic rings. The summed E-state index contributed by atoms with van der Waals surface area (Å²) >= 11 is 0. The summed E-state index contributed by atoms with van der Waals surface area (Å²) in [7, 11) is 5.14. The van der Waals surface area contributed by atoms with Gasteiger partial charge in [-0.15, -0.1) is 0 Å². The van der Waals surface area contributed by atoms with Crippen LogP contribution in [0.15, 0.2) is 30.6 Å². The number of imidazole rings is 1. The number of methoxy groups -OCH3 is 2. The van der Waals surface area contributed by atoms with Gasteiger partial charge in [0.1, 0.15) is 5.82 Å². The van der Waals surface area contributed by atoms with E-state index in [4.69, 9.17) is 9.47 Å². The molecule has 21 heavy (non-hydrogen) atoms. The second-order valence-corrected chi connectivity index (χ2v) is 5.49. The molecule has 0 fully saturated rings. The van der Waals surface area contributed by atoms with E-state index in [0.717, 1.165) is 11.4 Å². The van der Waals surface area contributed by atoms with Crippen molar-refractivity contribution >= 4 is 0 Å². The molecular formula is C16H22N2O3. The molecule has 0 saturated heterocycles. The summed E-state index contributed by atoms with van der Waals surface area (Å²) in [6.45, 7) is 1.82. The van der Waals surface area contributed by atoms with Crippen molar-refractivity contribution in [3.8, 4) is 11.5 Å². The number of aryl methyl sites for hydroxylation is 1. The van der Waals surface area contributed by atoms with Gasteiger partial charge in [0.05, 0.1) is 19.8 Å². The molecule has 1 unspecified atom stereocenters. The van der Waals surface area contributed by atoms with Crippen LogP contribution < -0.4 is 9.47 Å². The molecule has 0 aliphatic carbocycles. The first-order valence-electron chi connectivity index (χ1n) is 6.84. The summed E-state index contributed by atoms with van der Waals surface area (Å²) in [6, 6.07) is 5.69. The van der Waals surface area contributed by atoms with Crippen molar-refractivity contribution in [1.29, 1.82) is 0 Å². The van der Waals surface area contributed by atoms with E-state index in [1.54, 1.807) is 20.4 Å². The molecule has 0 bridgehead atoms. The summed E-state index contributed by atoms with van der Waals surface area (Å²) < 4.78 is 12.4. The van der Waals surface area contributed by atoms with E-state index >= 15 is 0 Å². The lowest BCUT2D eigenvalue weighted by Crippen LogP contribution is -2.31. The highest BCUT2D eigenvalue weighted by atomic mass is 16.5. The van der Waals surface area contributed by atoms with E-state index < -0.39 is 5.60 Å². The number of hydrogen-bond acceptors (Lipinski definition) is 4. The molecule has 0 radical (unpaired) electrons. The fourth-order valence-corrected chi connectivity index (χ4v) is 2.40. The number of ether oxygens (including phenoxy) is 2. The Morgan fingerprint density at radius 1 is 1.19 bits per heavy atom. The van der Waals surface area contributed by atoms with Crippen LogP contribution in [-0.4, -0.2) is 34.5 Å². The third-order valence-corrected chi connectivity index (χ3v) is 3.49. The minimum atomic E-state index is -0.876. The maximum absolute atomic E-state index is 10.6. The maximum atomic E-state index is 10.6. The second kappa shape index (κ2) is 6.18. The Balaban J connectivity index is 2.14. The quantitative estimate of drug-likeness (QED) is 0.884. The molecule has 0 aliphatic heterocycles. The SMILES string of the molecule is COc1ccc(CC(C)(O)Cc2nccn2C)cc1OC. The Hall–Kier alpha value is -2.01. The number of hydrogen-bond donors (Lipinski definition) is 1. The average Bonchev–Trinajstić information content (AvgIpc) is 2.83. The zero-order valence-electron chi connectivity index (χ0n) is 13.0. The fourth-order valence-electron chi connectivity index (χ4n) is 2.40. The molecule has 1 aromatic heterocycles. The van der Waals surface area contributed by atoms with Crippen LogP contribution in [0.25, 0.3) is 0 Å². The molecular weight excluding hydrogens is 268 g/mol. The van der Waals surface area contributed by atoms with Crippen molar-refractivity contribution in [3.63, 3.8) is 0 Å². The Bertz CT molecular complexity index is 605. The van der Waals surface area contributed by atoms with Crippen LogP contribution >= 0.6 is 0 Å². The highest BCUT2D eigenvalue weighted by Gasteiger charge is 2.24.